The van der Waals surface area contributed by atoms with Gasteiger partial charge in [0, 0.05) is 25.4 Å². The minimum absolute atomic E-state index is 0.125. The normalized spacial score (nSPS) is 15.9. The van der Waals surface area contributed by atoms with Crippen LogP contribution in [0.4, 0.5) is 0 Å². The summed E-state index contributed by atoms with van der Waals surface area (Å²) in [6.45, 7) is 1.54. The van der Waals surface area contributed by atoms with Crippen molar-refractivity contribution in [1.29, 1.82) is 0 Å². The first-order valence-electron chi connectivity index (χ1n) is 10.9. The van der Waals surface area contributed by atoms with Gasteiger partial charge in [0.1, 0.15) is 24.0 Å². The Hall–Kier alpha value is -2.90. The van der Waals surface area contributed by atoms with E-state index < -0.39 is 26.9 Å². The molecule has 0 aromatic carbocycles. The standard InChI is InChI=1S/C21H26ClN7O5S/c1-12(17(32-2)18-23-8-14(22)9-24-18)35(30,31)10-15-27-28-19(13-6-5-7-13)29(15)16-20(33-3)25-11-26-21(16)34-4/h8-9,11-13,17H,5-7,10H2,1-4H3/t12-,17-/m0/s1. The molecule has 3 heterocycles. The SMILES string of the molecule is COc1ncnc(OC)c1-n1c(CS(=O)(=O)[C@@H](C)[C@H](OC)c2ncc(Cl)cn2)nnc1C1CCC1. The zero-order chi connectivity index (χ0) is 25.2. The van der Waals surface area contributed by atoms with Crippen molar-refractivity contribution in [3.8, 4) is 17.4 Å². The number of aromatic nitrogens is 7. The first kappa shape index (κ1) is 25.2. The maximum absolute atomic E-state index is 13.6. The number of ether oxygens (including phenoxy) is 3. The van der Waals surface area contributed by atoms with Gasteiger partial charge in [-0.3, -0.25) is 4.57 Å². The number of halogens is 1. The van der Waals surface area contributed by atoms with Gasteiger partial charge in [-0.25, -0.2) is 18.4 Å². The summed E-state index contributed by atoms with van der Waals surface area (Å²) < 4.78 is 45.1. The molecule has 1 saturated carbocycles. The van der Waals surface area contributed by atoms with E-state index in [2.05, 4.69) is 30.1 Å². The molecule has 188 valence electrons. The smallest absolute Gasteiger partial charge is 0.245 e. The molecule has 0 N–H and O–H groups in total. The summed E-state index contributed by atoms with van der Waals surface area (Å²) in [6.07, 6.45) is 6.07. The van der Waals surface area contributed by atoms with Crippen LogP contribution in [0.2, 0.25) is 5.02 Å². The molecule has 0 aliphatic heterocycles. The summed E-state index contributed by atoms with van der Waals surface area (Å²) in [4.78, 5) is 16.6. The fraction of sp³-hybridized carbons (Fsp3) is 0.524. The third kappa shape index (κ3) is 4.93. The molecule has 0 amide bonds. The Morgan fingerprint density at radius 2 is 1.69 bits per heavy atom. The summed E-state index contributed by atoms with van der Waals surface area (Å²) in [5.41, 5.74) is 0.353. The van der Waals surface area contributed by atoms with E-state index in [1.54, 1.807) is 11.5 Å². The second-order valence-corrected chi connectivity index (χ2v) is 10.9. The number of hydrogen-bond donors (Lipinski definition) is 0. The average molecular weight is 524 g/mol. The number of methoxy groups -OCH3 is 3. The Morgan fingerprint density at radius 1 is 1.06 bits per heavy atom. The van der Waals surface area contributed by atoms with Crippen molar-refractivity contribution < 1.29 is 22.6 Å². The minimum atomic E-state index is -3.84. The molecule has 1 fully saturated rings. The lowest BCUT2D eigenvalue weighted by Gasteiger charge is -2.26. The van der Waals surface area contributed by atoms with Gasteiger partial charge in [-0.2, -0.15) is 9.97 Å². The van der Waals surface area contributed by atoms with Gasteiger partial charge in [-0.15, -0.1) is 10.2 Å². The first-order valence-corrected chi connectivity index (χ1v) is 13.0. The zero-order valence-electron chi connectivity index (χ0n) is 19.8. The number of sulfone groups is 1. The largest absolute Gasteiger partial charge is 0.479 e. The highest BCUT2D eigenvalue weighted by Crippen LogP contribution is 2.40. The monoisotopic (exact) mass is 523 g/mol. The summed E-state index contributed by atoms with van der Waals surface area (Å²) in [6, 6.07) is 0. The lowest BCUT2D eigenvalue weighted by Crippen LogP contribution is -2.30. The topological polar surface area (TPSA) is 144 Å². The van der Waals surface area contributed by atoms with Crippen LogP contribution < -0.4 is 9.47 Å². The molecule has 14 heteroatoms. The van der Waals surface area contributed by atoms with E-state index in [0.717, 1.165) is 19.3 Å². The maximum Gasteiger partial charge on any atom is 0.245 e. The molecule has 12 nitrogen and oxygen atoms in total. The van der Waals surface area contributed by atoms with Crippen molar-refractivity contribution in [1.82, 2.24) is 34.7 Å². The maximum atomic E-state index is 13.6. The fourth-order valence-electron chi connectivity index (χ4n) is 3.91. The van der Waals surface area contributed by atoms with Crippen LogP contribution in [0, 0.1) is 0 Å². The molecule has 3 aromatic heterocycles. The van der Waals surface area contributed by atoms with E-state index in [-0.39, 0.29) is 29.3 Å². The molecule has 0 saturated heterocycles. The Labute approximate surface area is 208 Å². The fourth-order valence-corrected chi connectivity index (χ4v) is 5.43. The van der Waals surface area contributed by atoms with E-state index in [1.807, 2.05) is 0 Å². The molecule has 0 unspecified atom stereocenters. The van der Waals surface area contributed by atoms with E-state index >= 15 is 0 Å². The van der Waals surface area contributed by atoms with Gasteiger partial charge in [0.2, 0.25) is 11.8 Å². The second-order valence-electron chi connectivity index (χ2n) is 8.11. The number of hydrogen-bond acceptors (Lipinski definition) is 11. The van der Waals surface area contributed by atoms with Crippen LogP contribution in [-0.2, 0) is 20.3 Å². The van der Waals surface area contributed by atoms with E-state index in [9.17, 15) is 8.42 Å². The Kier molecular flexibility index (Phi) is 7.47. The lowest BCUT2D eigenvalue weighted by atomic mass is 9.85. The lowest BCUT2D eigenvalue weighted by molar-refractivity contribution is 0.0948. The molecule has 0 bridgehead atoms. The van der Waals surface area contributed by atoms with Crippen molar-refractivity contribution in [2.75, 3.05) is 21.3 Å². The third-order valence-corrected chi connectivity index (χ3v) is 8.30. The number of rotatable bonds is 10. The molecular weight excluding hydrogens is 498 g/mol. The van der Waals surface area contributed by atoms with E-state index in [1.165, 1.54) is 40.1 Å². The average Bonchev–Trinajstić information content (AvgIpc) is 3.20. The molecule has 0 spiro atoms. The summed E-state index contributed by atoms with van der Waals surface area (Å²) in [5.74, 6) is 1.15. The predicted octanol–water partition coefficient (Wildman–Crippen LogP) is 2.48. The van der Waals surface area contributed by atoms with Gasteiger partial charge in [0.25, 0.3) is 0 Å². The van der Waals surface area contributed by atoms with Gasteiger partial charge < -0.3 is 14.2 Å². The summed E-state index contributed by atoms with van der Waals surface area (Å²) >= 11 is 5.87. The molecule has 35 heavy (non-hydrogen) atoms. The summed E-state index contributed by atoms with van der Waals surface area (Å²) in [5, 5.41) is 7.95. The van der Waals surface area contributed by atoms with Gasteiger partial charge >= 0.3 is 0 Å². The highest BCUT2D eigenvalue weighted by molar-refractivity contribution is 7.91. The van der Waals surface area contributed by atoms with Crippen LogP contribution >= 0.6 is 11.6 Å². The Morgan fingerprint density at radius 3 is 2.20 bits per heavy atom. The van der Waals surface area contributed by atoms with Gasteiger partial charge in [0.05, 0.1) is 24.5 Å². The molecule has 1 aliphatic carbocycles. The van der Waals surface area contributed by atoms with Gasteiger partial charge in [0.15, 0.2) is 27.2 Å². The molecule has 0 radical (unpaired) electrons. The zero-order valence-corrected chi connectivity index (χ0v) is 21.3. The molecule has 3 aromatic rings. The second kappa shape index (κ2) is 10.4. The molecule has 1 aliphatic rings. The highest BCUT2D eigenvalue weighted by Gasteiger charge is 2.37. The van der Waals surface area contributed by atoms with Crippen LogP contribution in [0.3, 0.4) is 0 Å². The van der Waals surface area contributed by atoms with Crippen LogP contribution in [0.25, 0.3) is 5.69 Å². The molecule has 2 atom stereocenters. The predicted molar refractivity (Wildman–Crippen MR) is 126 cm³/mol. The minimum Gasteiger partial charge on any atom is -0.479 e. The van der Waals surface area contributed by atoms with Crippen LogP contribution in [0.1, 0.15) is 55.7 Å². The van der Waals surface area contributed by atoms with Crippen LogP contribution in [-0.4, -0.2) is 69.7 Å². The Balaban J connectivity index is 1.76. The van der Waals surface area contributed by atoms with Gasteiger partial charge in [-0.1, -0.05) is 18.0 Å². The van der Waals surface area contributed by atoms with Crippen LogP contribution in [0.5, 0.6) is 11.8 Å². The van der Waals surface area contributed by atoms with Crippen molar-refractivity contribution in [3.05, 3.63) is 41.2 Å². The number of nitrogens with zero attached hydrogens (tertiary/aromatic N) is 7. The van der Waals surface area contributed by atoms with Crippen molar-refractivity contribution >= 4 is 21.4 Å². The first-order chi connectivity index (χ1) is 16.8. The Bertz CT molecular complexity index is 1260. The highest BCUT2D eigenvalue weighted by atomic mass is 35.5. The summed E-state index contributed by atoms with van der Waals surface area (Å²) in [7, 11) is 0.498. The third-order valence-electron chi connectivity index (χ3n) is 6.06. The van der Waals surface area contributed by atoms with Crippen LogP contribution in [0.15, 0.2) is 18.7 Å². The molecule has 4 rings (SSSR count). The van der Waals surface area contributed by atoms with Crippen molar-refractivity contribution in [3.63, 3.8) is 0 Å². The van der Waals surface area contributed by atoms with E-state index in [4.69, 9.17) is 25.8 Å². The van der Waals surface area contributed by atoms with E-state index in [0.29, 0.717) is 16.5 Å². The van der Waals surface area contributed by atoms with Gasteiger partial charge in [-0.05, 0) is 19.8 Å². The molecular formula is C21H26ClN7O5S. The van der Waals surface area contributed by atoms with Crippen molar-refractivity contribution in [2.45, 2.75) is 49.2 Å². The van der Waals surface area contributed by atoms with Crippen molar-refractivity contribution in [2.24, 2.45) is 0 Å². The quantitative estimate of drug-likeness (QED) is 0.386.